The van der Waals surface area contributed by atoms with Crippen LogP contribution in [0.5, 0.6) is 0 Å². The third-order valence-electron chi connectivity index (χ3n) is 6.56. The zero-order chi connectivity index (χ0) is 23.4. The number of likely N-dealkylation sites (N-methyl/N-ethyl adjacent to an activating group) is 1. The quantitative estimate of drug-likeness (QED) is 0.0910. The number of hydrogen-bond acceptors (Lipinski definition) is 4. The Morgan fingerprint density at radius 2 is 1.03 bits per heavy atom. The van der Waals surface area contributed by atoms with Crippen LogP contribution in [0.25, 0.3) is 0 Å². The van der Waals surface area contributed by atoms with Crippen LogP contribution >= 0.6 is 7.82 Å². The molecule has 0 bridgehead atoms. The van der Waals surface area contributed by atoms with Crippen molar-refractivity contribution in [1.82, 2.24) is 0 Å². The molecular weight excluding hydrogens is 409 g/mol. The van der Waals surface area contributed by atoms with Crippen LogP contribution in [0.1, 0.15) is 124 Å². The summed E-state index contributed by atoms with van der Waals surface area (Å²) in [4.78, 5) is 11.8. The third-order valence-corrected chi connectivity index (χ3v) is 7.56. The average molecular weight is 464 g/mol. The fourth-order valence-corrected chi connectivity index (χ4v) is 4.24. The van der Waals surface area contributed by atoms with Gasteiger partial charge >= 0.3 is 0 Å². The molecule has 188 valence electrons. The summed E-state index contributed by atoms with van der Waals surface area (Å²) in [6, 6.07) is 0.417. The van der Waals surface area contributed by atoms with Gasteiger partial charge in [0, 0.05) is 0 Å². The van der Waals surface area contributed by atoms with E-state index in [1.54, 1.807) is 0 Å². The van der Waals surface area contributed by atoms with E-state index in [2.05, 4.69) is 34.9 Å². The fraction of sp³-hybridized carbons (Fsp3) is 1.00. The van der Waals surface area contributed by atoms with Gasteiger partial charge in [0.2, 0.25) is 0 Å². The van der Waals surface area contributed by atoms with Crippen LogP contribution in [0.15, 0.2) is 0 Å². The van der Waals surface area contributed by atoms with Crippen LogP contribution in [0.2, 0.25) is 0 Å². The highest BCUT2D eigenvalue weighted by Gasteiger charge is 2.20. The average Bonchev–Trinajstić information content (AvgIpc) is 2.69. The Bertz CT molecular complexity index is 443. The van der Waals surface area contributed by atoms with Crippen molar-refractivity contribution in [3.05, 3.63) is 0 Å². The van der Waals surface area contributed by atoms with Gasteiger partial charge in [0.1, 0.15) is 13.2 Å². The first kappa shape index (κ1) is 31.1. The molecule has 0 saturated heterocycles. The summed E-state index contributed by atoms with van der Waals surface area (Å²) in [5, 5.41) is 0. The summed E-state index contributed by atoms with van der Waals surface area (Å²) < 4.78 is 22.5. The van der Waals surface area contributed by atoms with Gasteiger partial charge in [-0.25, -0.2) is 0 Å². The number of phosphoric ester groups is 1. The maximum Gasteiger partial charge on any atom is 0.268 e. The Labute approximate surface area is 194 Å². The Morgan fingerprint density at radius 3 is 1.42 bits per heavy atom. The zero-order valence-electron chi connectivity index (χ0n) is 21.5. The molecule has 31 heavy (non-hydrogen) atoms. The highest BCUT2D eigenvalue weighted by Crippen LogP contribution is 2.38. The van der Waals surface area contributed by atoms with Crippen molar-refractivity contribution in [2.45, 2.75) is 130 Å². The first-order valence-corrected chi connectivity index (χ1v) is 14.6. The van der Waals surface area contributed by atoms with Gasteiger partial charge in [-0.05, 0) is 20.3 Å². The van der Waals surface area contributed by atoms with E-state index in [9.17, 15) is 9.46 Å². The van der Waals surface area contributed by atoms with Crippen LogP contribution < -0.4 is 4.89 Å². The lowest BCUT2D eigenvalue weighted by molar-refractivity contribution is -0.911. The van der Waals surface area contributed by atoms with Crippen molar-refractivity contribution >= 4 is 7.82 Å². The summed E-state index contributed by atoms with van der Waals surface area (Å²) in [7, 11) is -0.0176. The van der Waals surface area contributed by atoms with Crippen molar-refractivity contribution < 1.29 is 23.0 Å². The SMILES string of the molecule is CCCCCCCCCCCCCCCCCCOP(=O)([O-])OCC[N+](C)(C)C(C)C. The van der Waals surface area contributed by atoms with Gasteiger partial charge in [0.25, 0.3) is 7.82 Å². The first-order valence-electron chi connectivity index (χ1n) is 13.1. The predicted octanol–water partition coefficient (Wildman–Crippen LogP) is 7.23. The Hall–Kier alpha value is 0.0700. The van der Waals surface area contributed by atoms with E-state index in [1.807, 2.05) is 0 Å². The highest BCUT2D eigenvalue weighted by molar-refractivity contribution is 7.45. The van der Waals surface area contributed by atoms with Crippen molar-refractivity contribution in [2.75, 3.05) is 33.9 Å². The number of phosphoric acid groups is 1. The molecule has 0 heterocycles. The van der Waals surface area contributed by atoms with Crippen molar-refractivity contribution in [3.63, 3.8) is 0 Å². The molecule has 5 nitrogen and oxygen atoms in total. The molecule has 0 aromatic carbocycles. The second-order valence-electron chi connectivity index (χ2n) is 10.0. The van der Waals surface area contributed by atoms with Crippen molar-refractivity contribution in [2.24, 2.45) is 0 Å². The summed E-state index contributed by atoms with van der Waals surface area (Å²) in [6.45, 7) is 7.56. The van der Waals surface area contributed by atoms with E-state index in [0.29, 0.717) is 12.6 Å². The van der Waals surface area contributed by atoms with Crippen LogP contribution in [-0.2, 0) is 13.6 Å². The third kappa shape index (κ3) is 20.4. The molecule has 0 N–H and O–H groups in total. The molecule has 0 spiro atoms. The summed E-state index contributed by atoms with van der Waals surface area (Å²) in [5.74, 6) is 0. The van der Waals surface area contributed by atoms with Crippen LogP contribution in [0.4, 0.5) is 0 Å². The number of quaternary nitrogens is 1. The summed E-state index contributed by atoms with van der Waals surface area (Å²) >= 11 is 0. The molecule has 1 atom stereocenters. The number of nitrogens with zero attached hydrogens (tertiary/aromatic N) is 1. The zero-order valence-corrected chi connectivity index (χ0v) is 22.4. The summed E-state index contributed by atoms with van der Waals surface area (Å²) in [5.41, 5.74) is 0. The first-order chi connectivity index (χ1) is 14.7. The Balaban J connectivity index is 3.39. The number of unbranched alkanes of at least 4 members (excludes halogenated alkanes) is 15. The normalized spacial score (nSPS) is 14.3. The molecule has 1 unspecified atom stereocenters. The van der Waals surface area contributed by atoms with Crippen LogP contribution in [0.3, 0.4) is 0 Å². The molecule has 0 aliphatic rings. The van der Waals surface area contributed by atoms with E-state index >= 15 is 0 Å². The smallest absolute Gasteiger partial charge is 0.268 e. The molecular formula is C25H54NO4P. The summed E-state index contributed by atoms with van der Waals surface area (Å²) in [6.07, 6.45) is 20.8. The Morgan fingerprint density at radius 1 is 0.677 bits per heavy atom. The monoisotopic (exact) mass is 463 g/mol. The standard InChI is InChI=1S/C25H54NO4P/c1-6-7-8-9-10-11-12-13-14-15-16-17-18-19-20-21-23-29-31(27,28)30-24-22-26(4,5)25(2)3/h25H,6-24H2,1-5H3. The van der Waals surface area contributed by atoms with Gasteiger partial charge in [0.15, 0.2) is 0 Å². The highest BCUT2D eigenvalue weighted by atomic mass is 31.2. The van der Waals surface area contributed by atoms with Gasteiger partial charge < -0.3 is 18.4 Å². The predicted molar refractivity (Wildman–Crippen MR) is 131 cm³/mol. The number of hydrogen-bond donors (Lipinski definition) is 0. The lowest BCUT2D eigenvalue weighted by Gasteiger charge is -2.34. The topological polar surface area (TPSA) is 58.6 Å². The molecule has 0 rings (SSSR count). The molecule has 0 fully saturated rings. The lowest BCUT2D eigenvalue weighted by atomic mass is 10.0. The number of rotatable bonds is 23. The van der Waals surface area contributed by atoms with Crippen LogP contribution in [0, 0.1) is 0 Å². The van der Waals surface area contributed by atoms with E-state index in [-0.39, 0.29) is 13.2 Å². The minimum Gasteiger partial charge on any atom is -0.756 e. The minimum atomic E-state index is -4.16. The van der Waals surface area contributed by atoms with Gasteiger partial charge in [-0.1, -0.05) is 103 Å². The van der Waals surface area contributed by atoms with Gasteiger partial charge in [-0.15, -0.1) is 0 Å². The molecule has 0 aliphatic carbocycles. The fourth-order valence-electron chi connectivity index (χ4n) is 3.51. The van der Waals surface area contributed by atoms with Crippen LogP contribution in [-0.4, -0.2) is 44.4 Å². The second kappa shape index (κ2) is 19.5. The minimum absolute atomic E-state index is 0.172. The van der Waals surface area contributed by atoms with E-state index < -0.39 is 7.82 Å². The second-order valence-corrected chi connectivity index (χ2v) is 11.4. The maximum atomic E-state index is 11.8. The molecule has 0 saturated carbocycles. The molecule has 0 amide bonds. The molecule has 6 heteroatoms. The molecule has 0 radical (unpaired) electrons. The Kier molecular flexibility index (Phi) is 19.6. The molecule has 0 aromatic heterocycles. The molecule has 0 aliphatic heterocycles. The van der Waals surface area contributed by atoms with E-state index in [4.69, 9.17) is 9.05 Å². The maximum absolute atomic E-state index is 11.8. The van der Waals surface area contributed by atoms with Crippen molar-refractivity contribution in [1.29, 1.82) is 0 Å². The largest absolute Gasteiger partial charge is 0.756 e. The van der Waals surface area contributed by atoms with E-state index in [1.165, 1.54) is 83.5 Å². The van der Waals surface area contributed by atoms with Gasteiger partial charge in [0.05, 0.1) is 26.7 Å². The van der Waals surface area contributed by atoms with Crippen molar-refractivity contribution in [3.8, 4) is 0 Å². The van der Waals surface area contributed by atoms with Gasteiger partial charge in [-0.3, -0.25) is 4.57 Å². The lowest BCUT2D eigenvalue weighted by Crippen LogP contribution is -2.47. The van der Waals surface area contributed by atoms with Gasteiger partial charge in [-0.2, -0.15) is 0 Å². The molecule has 0 aromatic rings. The van der Waals surface area contributed by atoms with E-state index in [0.717, 1.165) is 23.7 Å².